The molecule has 0 amide bonds. The summed E-state index contributed by atoms with van der Waals surface area (Å²) in [5.41, 5.74) is 4.93. The van der Waals surface area contributed by atoms with Gasteiger partial charge in [-0.2, -0.15) is 0 Å². The Hall–Kier alpha value is -0.610. The molecule has 1 saturated heterocycles. The molecule has 82 valence electrons. The molecule has 4 heteroatoms. The van der Waals surface area contributed by atoms with Crippen molar-refractivity contribution in [3.63, 3.8) is 0 Å². The van der Waals surface area contributed by atoms with Crippen LogP contribution in [0.1, 0.15) is 26.2 Å². The van der Waals surface area contributed by atoms with Gasteiger partial charge in [-0.25, -0.2) is 0 Å². The standard InChI is InChI=1S/C10H20N2O2/c1-10(9(13)14)3-7-12(8-4-10)6-2-5-11/h2-8,11H2,1H3,(H,13,14). The lowest BCUT2D eigenvalue weighted by molar-refractivity contribution is -0.150. The minimum atomic E-state index is -0.657. The normalized spacial score (nSPS) is 22.1. The molecule has 4 nitrogen and oxygen atoms in total. The van der Waals surface area contributed by atoms with Crippen LogP contribution in [0.2, 0.25) is 0 Å². The van der Waals surface area contributed by atoms with E-state index >= 15 is 0 Å². The Morgan fingerprint density at radius 2 is 2.07 bits per heavy atom. The molecule has 0 atom stereocenters. The number of piperidine rings is 1. The molecule has 1 rings (SSSR count). The molecule has 0 aromatic heterocycles. The summed E-state index contributed by atoms with van der Waals surface area (Å²) in [7, 11) is 0. The van der Waals surface area contributed by atoms with Crippen molar-refractivity contribution in [3.8, 4) is 0 Å². The zero-order chi connectivity index (χ0) is 10.6. The second kappa shape index (κ2) is 4.75. The van der Waals surface area contributed by atoms with Crippen molar-refractivity contribution in [3.05, 3.63) is 0 Å². The molecule has 0 unspecified atom stereocenters. The second-order valence-electron chi connectivity index (χ2n) is 4.35. The van der Waals surface area contributed by atoms with Gasteiger partial charge < -0.3 is 15.7 Å². The van der Waals surface area contributed by atoms with E-state index in [1.54, 1.807) is 0 Å². The van der Waals surface area contributed by atoms with Gasteiger partial charge in [0.05, 0.1) is 5.41 Å². The van der Waals surface area contributed by atoms with E-state index < -0.39 is 11.4 Å². The van der Waals surface area contributed by atoms with Crippen molar-refractivity contribution < 1.29 is 9.90 Å². The van der Waals surface area contributed by atoms with Crippen LogP contribution in [-0.4, -0.2) is 42.2 Å². The zero-order valence-corrected chi connectivity index (χ0v) is 8.83. The van der Waals surface area contributed by atoms with Crippen LogP contribution in [0, 0.1) is 5.41 Å². The first-order chi connectivity index (χ1) is 6.58. The van der Waals surface area contributed by atoms with Crippen molar-refractivity contribution in [1.82, 2.24) is 4.90 Å². The molecule has 0 aromatic rings. The van der Waals surface area contributed by atoms with Gasteiger partial charge in [-0.1, -0.05) is 0 Å². The Labute approximate surface area is 85.1 Å². The molecular formula is C10H20N2O2. The molecule has 0 aliphatic carbocycles. The van der Waals surface area contributed by atoms with Crippen molar-refractivity contribution in [2.75, 3.05) is 26.2 Å². The number of carbonyl (C=O) groups is 1. The smallest absolute Gasteiger partial charge is 0.309 e. The van der Waals surface area contributed by atoms with E-state index in [0.29, 0.717) is 6.54 Å². The summed E-state index contributed by atoms with van der Waals surface area (Å²) >= 11 is 0. The van der Waals surface area contributed by atoms with Gasteiger partial charge >= 0.3 is 5.97 Å². The second-order valence-corrected chi connectivity index (χ2v) is 4.35. The van der Waals surface area contributed by atoms with Crippen LogP contribution < -0.4 is 5.73 Å². The fourth-order valence-corrected chi connectivity index (χ4v) is 1.80. The highest BCUT2D eigenvalue weighted by molar-refractivity contribution is 5.74. The maximum absolute atomic E-state index is 11.0. The number of likely N-dealkylation sites (tertiary alicyclic amines) is 1. The minimum Gasteiger partial charge on any atom is -0.481 e. The Kier molecular flexibility index (Phi) is 3.89. The fourth-order valence-electron chi connectivity index (χ4n) is 1.80. The topological polar surface area (TPSA) is 66.6 Å². The molecule has 3 N–H and O–H groups in total. The first kappa shape index (κ1) is 11.5. The third-order valence-corrected chi connectivity index (χ3v) is 3.15. The molecule has 1 fully saturated rings. The van der Waals surface area contributed by atoms with Gasteiger partial charge in [-0.05, 0) is 52.4 Å². The van der Waals surface area contributed by atoms with E-state index in [1.165, 1.54) is 0 Å². The highest BCUT2D eigenvalue weighted by Crippen LogP contribution is 2.30. The number of nitrogens with two attached hydrogens (primary N) is 1. The predicted octanol–water partition coefficient (Wildman–Crippen LogP) is 0.522. The van der Waals surface area contributed by atoms with E-state index in [1.807, 2.05) is 6.92 Å². The van der Waals surface area contributed by atoms with E-state index in [-0.39, 0.29) is 0 Å². The number of carboxylic acids is 1. The van der Waals surface area contributed by atoms with Crippen molar-refractivity contribution in [2.24, 2.45) is 11.1 Å². The molecule has 1 aliphatic rings. The maximum Gasteiger partial charge on any atom is 0.309 e. The summed E-state index contributed by atoms with van der Waals surface area (Å²) in [6.07, 6.45) is 2.52. The Bertz CT molecular complexity index is 198. The third-order valence-electron chi connectivity index (χ3n) is 3.15. The summed E-state index contributed by atoms with van der Waals surface area (Å²) < 4.78 is 0. The van der Waals surface area contributed by atoms with Crippen LogP contribution in [0.25, 0.3) is 0 Å². The number of rotatable bonds is 4. The van der Waals surface area contributed by atoms with Gasteiger partial charge in [-0.3, -0.25) is 4.79 Å². The number of hydrogen-bond acceptors (Lipinski definition) is 3. The Balaban J connectivity index is 2.34. The Morgan fingerprint density at radius 3 is 2.50 bits per heavy atom. The summed E-state index contributed by atoms with van der Waals surface area (Å²) in [5, 5.41) is 9.02. The maximum atomic E-state index is 11.0. The molecule has 1 heterocycles. The third kappa shape index (κ3) is 2.69. The lowest BCUT2D eigenvalue weighted by Gasteiger charge is -2.36. The number of nitrogens with zero attached hydrogens (tertiary/aromatic N) is 1. The monoisotopic (exact) mass is 200 g/mol. The number of carboxylic acid groups (broad SMARTS) is 1. The van der Waals surface area contributed by atoms with Crippen molar-refractivity contribution >= 4 is 5.97 Å². The zero-order valence-electron chi connectivity index (χ0n) is 8.83. The van der Waals surface area contributed by atoms with Gasteiger partial charge in [0, 0.05) is 0 Å². The first-order valence-corrected chi connectivity index (χ1v) is 5.24. The Morgan fingerprint density at radius 1 is 1.50 bits per heavy atom. The highest BCUT2D eigenvalue weighted by atomic mass is 16.4. The van der Waals surface area contributed by atoms with E-state index in [2.05, 4.69) is 4.90 Å². The summed E-state index contributed by atoms with van der Waals surface area (Å²) in [6, 6.07) is 0. The van der Waals surface area contributed by atoms with Gasteiger partial charge in [0.25, 0.3) is 0 Å². The summed E-state index contributed by atoms with van der Waals surface area (Å²) in [5.74, 6) is -0.657. The minimum absolute atomic E-state index is 0.501. The number of hydrogen-bond donors (Lipinski definition) is 2. The molecule has 0 aromatic carbocycles. The number of aliphatic carboxylic acids is 1. The van der Waals surface area contributed by atoms with Crippen LogP contribution in [-0.2, 0) is 4.79 Å². The lowest BCUT2D eigenvalue weighted by atomic mass is 9.80. The van der Waals surface area contributed by atoms with E-state index in [9.17, 15) is 4.79 Å². The quantitative estimate of drug-likeness (QED) is 0.694. The molecular weight excluding hydrogens is 180 g/mol. The van der Waals surface area contributed by atoms with Crippen molar-refractivity contribution in [1.29, 1.82) is 0 Å². The van der Waals surface area contributed by atoms with E-state index in [4.69, 9.17) is 10.8 Å². The van der Waals surface area contributed by atoms with Gasteiger partial charge in [-0.15, -0.1) is 0 Å². The summed E-state index contributed by atoms with van der Waals surface area (Å²) in [6.45, 7) is 5.35. The van der Waals surface area contributed by atoms with Gasteiger partial charge in [0.15, 0.2) is 0 Å². The van der Waals surface area contributed by atoms with Gasteiger partial charge in [0.1, 0.15) is 0 Å². The average Bonchev–Trinajstić information content (AvgIpc) is 2.17. The SMILES string of the molecule is CC1(C(=O)O)CCN(CCCN)CC1. The lowest BCUT2D eigenvalue weighted by Crippen LogP contribution is -2.43. The fraction of sp³-hybridized carbons (Fsp3) is 0.900. The molecule has 14 heavy (non-hydrogen) atoms. The molecule has 0 radical (unpaired) electrons. The largest absolute Gasteiger partial charge is 0.481 e. The van der Waals surface area contributed by atoms with Crippen LogP contribution in [0.15, 0.2) is 0 Å². The average molecular weight is 200 g/mol. The predicted molar refractivity (Wildman–Crippen MR) is 55.1 cm³/mol. The van der Waals surface area contributed by atoms with Crippen LogP contribution in [0.5, 0.6) is 0 Å². The molecule has 0 spiro atoms. The van der Waals surface area contributed by atoms with Gasteiger partial charge in [0.2, 0.25) is 0 Å². The van der Waals surface area contributed by atoms with Crippen molar-refractivity contribution in [2.45, 2.75) is 26.2 Å². The summed E-state index contributed by atoms with van der Waals surface area (Å²) in [4.78, 5) is 13.3. The van der Waals surface area contributed by atoms with E-state index in [0.717, 1.165) is 38.9 Å². The molecule has 0 saturated carbocycles. The van der Waals surface area contributed by atoms with Crippen LogP contribution in [0.3, 0.4) is 0 Å². The molecule has 0 bridgehead atoms. The van der Waals surface area contributed by atoms with Crippen LogP contribution >= 0.6 is 0 Å². The van der Waals surface area contributed by atoms with Crippen LogP contribution in [0.4, 0.5) is 0 Å². The highest BCUT2D eigenvalue weighted by Gasteiger charge is 2.36. The molecule has 1 aliphatic heterocycles. The first-order valence-electron chi connectivity index (χ1n) is 5.24.